The second-order valence-electron chi connectivity index (χ2n) is 16.9. The van der Waals surface area contributed by atoms with Crippen LogP contribution in [0.25, 0.3) is 11.3 Å². The first-order valence-corrected chi connectivity index (χ1v) is 21.9. The molecule has 1 fully saturated rings. The van der Waals surface area contributed by atoms with Crippen molar-refractivity contribution in [3.63, 3.8) is 0 Å². The van der Waals surface area contributed by atoms with Crippen LogP contribution in [0.15, 0.2) is 66.9 Å². The molecule has 0 unspecified atom stereocenters. The monoisotopic (exact) mass is 963 g/mol. The number of methoxy groups -OCH3 is 1. The fourth-order valence-electron chi connectivity index (χ4n) is 8.08. The number of amides is 3. The lowest BCUT2D eigenvalue weighted by atomic mass is 9.80. The zero-order chi connectivity index (χ0) is 48.5. The molecule has 1 aliphatic heterocycles. The summed E-state index contributed by atoms with van der Waals surface area (Å²) in [6.45, 7) is 1.52. The number of likely N-dealkylation sites (tertiary alicyclic amines) is 1. The molecule has 4 aromatic rings. The van der Waals surface area contributed by atoms with E-state index < -0.39 is 72.1 Å². The molecule has 1 saturated heterocycles. The molecule has 0 aliphatic carbocycles. The first-order valence-electron chi connectivity index (χ1n) is 21.1. The molecule has 14 nitrogen and oxygen atoms in total. The lowest BCUT2D eigenvalue weighted by Gasteiger charge is -2.49. The van der Waals surface area contributed by atoms with E-state index >= 15 is 4.39 Å². The molecule has 66 heavy (non-hydrogen) atoms. The van der Waals surface area contributed by atoms with Crippen molar-refractivity contribution in [2.75, 3.05) is 47.9 Å². The number of aromatic nitrogens is 2. The molecule has 0 spiro atoms. The number of piperidine rings is 1. The molecule has 3 amide bonds. The molecular formula is C46H55Cl2F4N7O7. The first-order chi connectivity index (χ1) is 31.1. The minimum atomic E-state index is -4.80. The van der Waals surface area contributed by atoms with Crippen LogP contribution in [0.2, 0.25) is 10.0 Å². The zero-order valence-electron chi connectivity index (χ0n) is 37.6. The number of nitrogens with one attached hydrogen (secondary N) is 2. The second-order valence-corrected chi connectivity index (χ2v) is 17.7. The number of carbonyl (C=O) groups is 4. The number of imidazole rings is 1. The number of likely N-dealkylation sites (N-methyl/N-ethyl adjacent to an activating group) is 1. The maximum atomic E-state index is 15.5. The zero-order valence-corrected chi connectivity index (χ0v) is 39.1. The first kappa shape index (κ1) is 51.7. The molecule has 4 atom stereocenters. The van der Waals surface area contributed by atoms with Gasteiger partial charge in [0.2, 0.25) is 17.7 Å². The molecule has 0 bridgehead atoms. The Balaban J connectivity index is 1.31. The van der Waals surface area contributed by atoms with E-state index in [2.05, 4.69) is 15.6 Å². The van der Waals surface area contributed by atoms with Crippen LogP contribution >= 0.6 is 23.2 Å². The number of hydrogen-bond donors (Lipinski definition) is 3. The number of alkyl halides is 3. The number of ether oxygens (including phenoxy) is 2. The van der Waals surface area contributed by atoms with Crippen molar-refractivity contribution in [1.29, 1.82) is 0 Å². The van der Waals surface area contributed by atoms with Crippen molar-refractivity contribution in [3.05, 3.63) is 99.7 Å². The number of aliphatic carboxylic acids is 1. The highest BCUT2D eigenvalue weighted by molar-refractivity contribution is 6.31. The number of hydrogen-bond acceptors (Lipinski definition) is 9. The summed E-state index contributed by atoms with van der Waals surface area (Å²) < 4.78 is 69.7. The van der Waals surface area contributed by atoms with Gasteiger partial charge in [0.1, 0.15) is 29.2 Å². The normalized spacial score (nSPS) is 16.7. The number of halogens is 6. The predicted molar refractivity (Wildman–Crippen MR) is 241 cm³/mol. The van der Waals surface area contributed by atoms with Gasteiger partial charge in [0, 0.05) is 62.0 Å². The molecule has 358 valence electrons. The van der Waals surface area contributed by atoms with Crippen LogP contribution in [0, 0.1) is 11.7 Å². The third-order valence-corrected chi connectivity index (χ3v) is 12.0. The van der Waals surface area contributed by atoms with Crippen LogP contribution in [0.3, 0.4) is 0 Å². The number of rotatable bonds is 20. The lowest BCUT2D eigenvalue weighted by molar-refractivity contribution is -0.166. The number of carbonyl (C=O) groups excluding carboxylic acids is 3. The second kappa shape index (κ2) is 22.5. The Morgan fingerprint density at radius 2 is 1.70 bits per heavy atom. The van der Waals surface area contributed by atoms with Gasteiger partial charge in [-0.3, -0.25) is 19.2 Å². The van der Waals surface area contributed by atoms with Gasteiger partial charge >= 0.3 is 12.1 Å². The van der Waals surface area contributed by atoms with Crippen molar-refractivity contribution >= 4 is 46.9 Å². The molecule has 5 rings (SSSR count). The number of carboxylic acids is 1. The maximum absolute atomic E-state index is 15.5. The molecule has 1 aliphatic rings. The van der Waals surface area contributed by atoms with Crippen molar-refractivity contribution in [1.82, 2.24) is 34.9 Å². The highest BCUT2D eigenvalue weighted by Crippen LogP contribution is 2.36. The minimum absolute atomic E-state index is 0.0379. The predicted octanol–water partition coefficient (Wildman–Crippen LogP) is 7.10. The van der Waals surface area contributed by atoms with E-state index in [4.69, 9.17) is 32.7 Å². The van der Waals surface area contributed by atoms with Gasteiger partial charge in [-0.2, -0.15) is 13.2 Å². The fourth-order valence-corrected chi connectivity index (χ4v) is 8.40. The number of carboxylic acid groups (broad SMARTS) is 1. The van der Waals surface area contributed by atoms with Crippen LogP contribution in [-0.2, 0) is 50.5 Å². The smallest absolute Gasteiger partial charge is 0.389 e. The number of benzene rings is 3. The van der Waals surface area contributed by atoms with E-state index in [1.807, 2.05) is 42.7 Å². The fraction of sp³-hybridized carbons (Fsp3) is 0.457. The van der Waals surface area contributed by atoms with Crippen molar-refractivity contribution < 1.29 is 51.3 Å². The summed E-state index contributed by atoms with van der Waals surface area (Å²) in [4.78, 5) is 62.6. The highest BCUT2D eigenvalue weighted by Gasteiger charge is 2.46. The summed E-state index contributed by atoms with van der Waals surface area (Å²) in [5, 5.41) is 15.6. The Morgan fingerprint density at radius 1 is 1.02 bits per heavy atom. The van der Waals surface area contributed by atoms with Gasteiger partial charge in [-0.1, -0.05) is 35.3 Å². The van der Waals surface area contributed by atoms with Crippen molar-refractivity contribution in [2.24, 2.45) is 13.0 Å². The third kappa shape index (κ3) is 13.7. The average Bonchev–Trinajstić information content (AvgIpc) is 3.60. The van der Waals surface area contributed by atoms with Gasteiger partial charge < -0.3 is 44.5 Å². The Labute approximate surface area is 391 Å². The average molecular weight is 965 g/mol. The molecule has 0 radical (unpaired) electrons. The third-order valence-electron chi connectivity index (χ3n) is 11.6. The van der Waals surface area contributed by atoms with E-state index in [0.717, 1.165) is 23.1 Å². The summed E-state index contributed by atoms with van der Waals surface area (Å²) in [6.07, 6.45) is -4.96. The van der Waals surface area contributed by atoms with Crippen LogP contribution < -0.4 is 15.4 Å². The molecule has 20 heteroatoms. The number of nitrogens with zero attached hydrogens (tertiary/aromatic N) is 5. The molecule has 3 aromatic carbocycles. The van der Waals surface area contributed by atoms with Crippen LogP contribution in [0.5, 0.6) is 11.5 Å². The quantitative estimate of drug-likeness (QED) is 0.0781. The summed E-state index contributed by atoms with van der Waals surface area (Å²) in [5.74, 6) is -4.99. The van der Waals surface area contributed by atoms with Crippen LogP contribution in [0.4, 0.5) is 17.6 Å². The van der Waals surface area contributed by atoms with Crippen LogP contribution in [-0.4, -0.2) is 125 Å². The summed E-state index contributed by atoms with van der Waals surface area (Å²) in [6, 6.07) is 14.2. The van der Waals surface area contributed by atoms with Gasteiger partial charge in [-0.05, 0) is 94.4 Å². The van der Waals surface area contributed by atoms with E-state index in [9.17, 15) is 37.5 Å². The van der Waals surface area contributed by atoms with Gasteiger partial charge in [0.05, 0.1) is 55.4 Å². The molecule has 0 saturated carbocycles. The van der Waals surface area contributed by atoms with Crippen LogP contribution in [0.1, 0.15) is 49.6 Å². The maximum Gasteiger partial charge on any atom is 0.389 e. The largest absolute Gasteiger partial charge is 0.481 e. The minimum Gasteiger partial charge on any atom is -0.481 e. The standard InChI is InChI=1S/C46H55Cl2F4N7O7/c1-28(53-23-35-36(49)19-33(48)20-39(35)66-34-14-10-30(11-15-34)38-24-54-40(57(38)4)25-56(2)3)42(62)55-37(26-65-6)44(64)58(5)45(21-29-8-12-32(47)13-9-29)16-7-17-59(27-45)43(63)31(18-41(60)61)22-46(50,51)52/h8-15,19-20,24,28,31,37,53H,7,16-18,21-23,25-27H2,1-6H3,(H,55,62)(H,60,61)/t28-,31-,37-,45+/m0/s1. The highest BCUT2D eigenvalue weighted by atomic mass is 35.5. The van der Waals surface area contributed by atoms with Crippen molar-refractivity contribution in [3.8, 4) is 22.8 Å². The SMILES string of the molecule is COC[C@H](NC(=O)[C@H](C)NCc1c(F)cc(Cl)cc1Oc1ccc(-c2cnc(CN(C)C)n2C)cc1)C(=O)N(C)[C@@]1(Cc2ccc(Cl)cc2)CCCN(C(=O)[C@@H](CC(=O)O)CC(F)(F)F)C1. The lowest BCUT2D eigenvalue weighted by Crippen LogP contribution is -2.65. The topological polar surface area (TPSA) is 159 Å². The van der Waals surface area contributed by atoms with Gasteiger partial charge in [-0.15, -0.1) is 0 Å². The van der Waals surface area contributed by atoms with E-state index in [0.29, 0.717) is 29.3 Å². The Bertz CT molecular complexity index is 2330. The van der Waals surface area contributed by atoms with E-state index in [1.165, 1.54) is 36.9 Å². The Hall–Kier alpha value is -5.27. The molecule has 1 aromatic heterocycles. The Morgan fingerprint density at radius 3 is 2.32 bits per heavy atom. The molecular weight excluding hydrogens is 909 g/mol. The molecule has 3 N–H and O–H groups in total. The summed E-state index contributed by atoms with van der Waals surface area (Å²) >= 11 is 12.4. The van der Waals surface area contributed by atoms with Gasteiger partial charge in [-0.25, -0.2) is 9.37 Å². The van der Waals surface area contributed by atoms with E-state index in [1.54, 1.807) is 42.6 Å². The summed E-state index contributed by atoms with van der Waals surface area (Å²) in [5.41, 5.74) is 1.34. The summed E-state index contributed by atoms with van der Waals surface area (Å²) in [7, 11) is 8.67. The molecule has 2 heterocycles. The van der Waals surface area contributed by atoms with Gasteiger partial charge in [0.15, 0.2) is 0 Å². The Kier molecular flexibility index (Phi) is 17.6. The van der Waals surface area contributed by atoms with Crippen molar-refractivity contribution in [2.45, 2.75) is 75.9 Å². The van der Waals surface area contributed by atoms with E-state index in [-0.39, 0.29) is 55.4 Å². The van der Waals surface area contributed by atoms with Gasteiger partial charge in [0.25, 0.3) is 0 Å².